The van der Waals surface area contributed by atoms with Gasteiger partial charge in [-0.2, -0.15) is 0 Å². The van der Waals surface area contributed by atoms with Crippen molar-refractivity contribution in [2.45, 2.75) is 65.2 Å². The predicted octanol–water partition coefficient (Wildman–Crippen LogP) is 4.31. The quantitative estimate of drug-likeness (QED) is 0.895. The Hall–Kier alpha value is -0.860. The first-order valence-corrected chi connectivity index (χ1v) is 8.32. The maximum atomic E-state index is 6.48. The maximum Gasteiger partial charge on any atom is 0.0743 e. The van der Waals surface area contributed by atoms with Gasteiger partial charge in [0.25, 0.3) is 0 Å². The third-order valence-corrected chi connectivity index (χ3v) is 6.78. The minimum atomic E-state index is -0.0444. The zero-order valence-corrected chi connectivity index (χ0v) is 13.8. The van der Waals surface area contributed by atoms with Crippen molar-refractivity contribution >= 4 is 0 Å². The summed E-state index contributed by atoms with van der Waals surface area (Å²) in [4.78, 5) is 0. The lowest BCUT2D eigenvalue weighted by Gasteiger charge is -2.40. The smallest absolute Gasteiger partial charge is 0.0743 e. The first kappa shape index (κ1) is 15.1. The van der Waals surface area contributed by atoms with E-state index in [-0.39, 0.29) is 12.1 Å². The second-order valence-electron chi connectivity index (χ2n) is 7.88. The average Bonchev–Trinajstić information content (AvgIpc) is 2.80. The molecular weight excluding hydrogens is 258 g/mol. The SMILES string of the molecule is CC(OC1CC2CCC1(C)C2(C)C)C(N)c1ccccc1. The summed E-state index contributed by atoms with van der Waals surface area (Å²) >= 11 is 0. The summed E-state index contributed by atoms with van der Waals surface area (Å²) in [7, 11) is 0. The Morgan fingerprint density at radius 3 is 2.38 bits per heavy atom. The zero-order chi connectivity index (χ0) is 15.3. The van der Waals surface area contributed by atoms with E-state index >= 15 is 0 Å². The van der Waals surface area contributed by atoms with Gasteiger partial charge in [0, 0.05) is 0 Å². The van der Waals surface area contributed by atoms with Gasteiger partial charge in [-0.1, -0.05) is 51.1 Å². The Morgan fingerprint density at radius 2 is 1.86 bits per heavy atom. The van der Waals surface area contributed by atoms with Gasteiger partial charge in [-0.3, -0.25) is 0 Å². The van der Waals surface area contributed by atoms with Gasteiger partial charge >= 0.3 is 0 Å². The summed E-state index contributed by atoms with van der Waals surface area (Å²) in [5.74, 6) is 0.813. The summed E-state index contributed by atoms with van der Waals surface area (Å²) in [6.45, 7) is 9.40. The highest BCUT2D eigenvalue weighted by atomic mass is 16.5. The van der Waals surface area contributed by atoms with Crippen LogP contribution >= 0.6 is 0 Å². The van der Waals surface area contributed by atoms with E-state index in [1.54, 1.807) is 0 Å². The lowest BCUT2D eigenvalue weighted by molar-refractivity contribution is -0.0877. The van der Waals surface area contributed by atoms with Crippen molar-refractivity contribution in [2.24, 2.45) is 22.5 Å². The molecule has 2 fully saturated rings. The topological polar surface area (TPSA) is 35.2 Å². The van der Waals surface area contributed by atoms with Crippen LogP contribution in [0.1, 0.15) is 58.6 Å². The number of hydrogen-bond donors (Lipinski definition) is 1. The van der Waals surface area contributed by atoms with Gasteiger partial charge in [0.05, 0.1) is 18.2 Å². The first-order chi connectivity index (χ1) is 9.86. The molecule has 1 aromatic rings. The van der Waals surface area contributed by atoms with E-state index in [0.717, 1.165) is 11.5 Å². The second kappa shape index (κ2) is 5.10. The van der Waals surface area contributed by atoms with Crippen molar-refractivity contribution in [1.82, 2.24) is 0 Å². The van der Waals surface area contributed by atoms with Crippen LogP contribution in [0.5, 0.6) is 0 Å². The summed E-state index contributed by atoms with van der Waals surface area (Å²) in [5.41, 5.74) is 8.27. The van der Waals surface area contributed by atoms with Gasteiger partial charge < -0.3 is 10.5 Å². The molecule has 2 saturated carbocycles. The molecule has 3 rings (SSSR count). The number of ether oxygens (including phenoxy) is 1. The van der Waals surface area contributed by atoms with E-state index in [1.165, 1.54) is 19.3 Å². The molecule has 2 aliphatic rings. The molecule has 0 saturated heterocycles. The van der Waals surface area contributed by atoms with Gasteiger partial charge in [-0.15, -0.1) is 0 Å². The second-order valence-corrected chi connectivity index (χ2v) is 7.88. The number of fused-ring (bicyclic) bond motifs is 2. The number of nitrogens with two attached hydrogens (primary N) is 1. The summed E-state index contributed by atoms with van der Waals surface area (Å²) in [6.07, 6.45) is 4.28. The molecule has 2 bridgehead atoms. The van der Waals surface area contributed by atoms with E-state index in [0.29, 0.717) is 16.9 Å². The molecular formula is C19H29NO. The van der Waals surface area contributed by atoms with Crippen molar-refractivity contribution in [3.05, 3.63) is 35.9 Å². The monoisotopic (exact) mass is 287 g/mol. The van der Waals surface area contributed by atoms with Crippen LogP contribution in [-0.2, 0) is 4.74 Å². The highest BCUT2D eigenvalue weighted by Crippen LogP contribution is 2.66. The van der Waals surface area contributed by atoms with Crippen LogP contribution in [0, 0.1) is 16.7 Å². The lowest BCUT2D eigenvalue weighted by atomic mass is 9.70. The third kappa shape index (κ3) is 2.24. The largest absolute Gasteiger partial charge is 0.373 e. The van der Waals surface area contributed by atoms with E-state index < -0.39 is 0 Å². The molecule has 5 atom stereocenters. The van der Waals surface area contributed by atoms with Crippen molar-refractivity contribution in [3.8, 4) is 0 Å². The van der Waals surface area contributed by atoms with Gasteiger partial charge in [0.2, 0.25) is 0 Å². The summed E-state index contributed by atoms with van der Waals surface area (Å²) < 4.78 is 6.48. The van der Waals surface area contributed by atoms with Crippen molar-refractivity contribution in [3.63, 3.8) is 0 Å². The van der Waals surface area contributed by atoms with Crippen LogP contribution in [0.4, 0.5) is 0 Å². The summed E-state index contributed by atoms with van der Waals surface area (Å²) in [5, 5.41) is 0. The first-order valence-electron chi connectivity index (χ1n) is 8.32. The molecule has 0 aliphatic heterocycles. The molecule has 0 amide bonds. The fourth-order valence-corrected chi connectivity index (χ4v) is 4.63. The van der Waals surface area contributed by atoms with Crippen LogP contribution in [-0.4, -0.2) is 12.2 Å². The zero-order valence-electron chi connectivity index (χ0n) is 13.8. The number of hydrogen-bond acceptors (Lipinski definition) is 2. The molecule has 0 radical (unpaired) electrons. The minimum Gasteiger partial charge on any atom is -0.373 e. The number of benzene rings is 1. The molecule has 2 heteroatoms. The fourth-order valence-electron chi connectivity index (χ4n) is 4.63. The van der Waals surface area contributed by atoms with Crippen LogP contribution in [0.2, 0.25) is 0 Å². The molecule has 2 nitrogen and oxygen atoms in total. The fraction of sp³-hybridized carbons (Fsp3) is 0.684. The van der Waals surface area contributed by atoms with E-state index in [1.807, 2.05) is 18.2 Å². The van der Waals surface area contributed by atoms with Crippen molar-refractivity contribution in [1.29, 1.82) is 0 Å². The molecule has 2 aliphatic carbocycles. The maximum absolute atomic E-state index is 6.48. The van der Waals surface area contributed by atoms with E-state index in [4.69, 9.17) is 10.5 Å². The van der Waals surface area contributed by atoms with Gasteiger partial charge in [-0.05, 0) is 48.5 Å². The van der Waals surface area contributed by atoms with Crippen LogP contribution in [0.15, 0.2) is 30.3 Å². The third-order valence-electron chi connectivity index (χ3n) is 6.78. The molecule has 0 spiro atoms. The predicted molar refractivity (Wildman–Crippen MR) is 86.9 cm³/mol. The normalized spacial score (nSPS) is 36.6. The molecule has 0 heterocycles. The van der Waals surface area contributed by atoms with Crippen LogP contribution < -0.4 is 5.73 Å². The van der Waals surface area contributed by atoms with Crippen molar-refractivity contribution < 1.29 is 4.74 Å². The molecule has 21 heavy (non-hydrogen) atoms. The van der Waals surface area contributed by atoms with Crippen LogP contribution in [0.25, 0.3) is 0 Å². The summed E-state index contributed by atoms with van der Waals surface area (Å²) in [6, 6.07) is 10.3. The van der Waals surface area contributed by atoms with Gasteiger partial charge in [0.15, 0.2) is 0 Å². The number of rotatable bonds is 4. The lowest BCUT2D eigenvalue weighted by Crippen LogP contribution is -2.40. The standard InChI is InChI=1S/C19H29NO/c1-13(17(20)14-8-6-5-7-9-14)21-16-12-15-10-11-19(16,4)18(15,2)3/h5-9,13,15-17H,10-12,20H2,1-4H3. The Morgan fingerprint density at radius 1 is 1.19 bits per heavy atom. The van der Waals surface area contributed by atoms with E-state index in [2.05, 4.69) is 39.8 Å². The van der Waals surface area contributed by atoms with Crippen molar-refractivity contribution in [2.75, 3.05) is 0 Å². The Kier molecular flexibility index (Phi) is 3.66. The molecule has 2 N–H and O–H groups in total. The Bertz CT molecular complexity index is 498. The Labute approximate surface area is 129 Å². The van der Waals surface area contributed by atoms with Crippen LogP contribution in [0.3, 0.4) is 0 Å². The van der Waals surface area contributed by atoms with E-state index in [9.17, 15) is 0 Å². The highest BCUT2D eigenvalue weighted by molar-refractivity contribution is 5.19. The van der Waals surface area contributed by atoms with Gasteiger partial charge in [0.1, 0.15) is 0 Å². The molecule has 5 unspecified atom stereocenters. The average molecular weight is 287 g/mol. The highest BCUT2D eigenvalue weighted by Gasteiger charge is 2.62. The molecule has 116 valence electrons. The van der Waals surface area contributed by atoms with Gasteiger partial charge in [-0.25, -0.2) is 0 Å². The molecule has 1 aromatic carbocycles. The molecule has 0 aromatic heterocycles. The Balaban J connectivity index is 1.71. The minimum absolute atomic E-state index is 0.0444.